The molecular weight excluding hydrogens is 224 g/mol. The van der Waals surface area contributed by atoms with Crippen molar-refractivity contribution in [3.05, 3.63) is 38.0 Å². The van der Waals surface area contributed by atoms with Crippen molar-refractivity contribution >= 4 is 22.7 Å². The van der Waals surface area contributed by atoms with Crippen molar-refractivity contribution in [3.63, 3.8) is 0 Å². The number of nitrogens with zero attached hydrogens (tertiary/aromatic N) is 1. The number of thiophene rings is 1. The van der Waals surface area contributed by atoms with Crippen LogP contribution in [0.3, 0.4) is 0 Å². The van der Waals surface area contributed by atoms with Crippen molar-refractivity contribution in [2.45, 2.75) is 19.9 Å². The van der Waals surface area contributed by atoms with E-state index < -0.39 is 0 Å². The standard InChI is InChI=1S/C11H14N2S2/c1-7-4-5-14-11(7)10(12-3)9-6-13-8(2)15-9/h4-6,10,12H,1-3H3. The highest BCUT2D eigenvalue weighted by Crippen LogP contribution is 2.31. The van der Waals surface area contributed by atoms with E-state index in [9.17, 15) is 0 Å². The summed E-state index contributed by atoms with van der Waals surface area (Å²) in [5, 5.41) is 6.62. The van der Waals surface area contributed by atoms with Gasteiger partial charge in [-0.25, -0.2) is 4.98 Å². The van der Waals surface area contributed by atoms with Gasteiger partial charge in [0.25, 0.3) is 0 Å². The van der Waals surface area contributed by atoms with Gasteiger partial charge in [-0.15, -0.1) is 22.7 Å². The minimum absolute atomic E-state index is 0.302. The zero-order valence-corrected chi connectivity index (χ0v) is 10.7. The second kappa shape index (κ2) is 4.43. The van der Waals surface area contributed by atoms with Crippen LogP contribution in [0.25, 0.3) is 0 Å². The summed E-state index contributed by atoms with van der Waals surface area (Å²) in [6.07, 6.45) is 1.97. The number of rotatable bonds is 3. The molecule has 0 amide bonds. The third-order valence-corrected chi connectivity index (χ3v) is 4.44. The van der Waals surface area contributed by atoms with Crippen molar-refractivity contribution in [1.29, 1.82) is 0 Å². The van der Waals surface area contributed by atoms with Crippen LogP contribution in [-0.2, 0) is 0 Å². The van der Waals surface area contributed by atoms with Gasteiger partial charge in [-0.3, -0.25) is 0 Å². The maximum atomic E-state index is 4.31. The third kappa shape index (κ3) is 2.12. The molecule has 1 N–H and O–H groups in total. The predicted molar refractivity (Wildman–Crippen MR) is 66.8 cm³/mol. The Hall–Kier alpha value is -0.710. The Morgan fingerprint density at radius 2 is 2.20 bits per heavy atom. The van der Waals surface area contributed by atoms with E-state index in [4.69, 9.17) is 0 Å². The lowest BCUT2D eigenvalue weighted by atomic mass is 10.1. The fourth-order valence-electron chi connectivity index (χ4n) is 1.59. The summed E-state index contributed by atoms with van der Waals surface area (Å²) in [7, 11) is 2.00. The van der Waals surface area contributed by atoms with Crippen LogP contribution in [0.4, 0.5) is 0 Å². The number of hydrogen-bond donors (Lipinski definition) is 1. The largest absolute Gasteiger partial charge is 0.308 e. The summed E-state index contributed by atoms with van der Waals surface area (Å²) >= 11 is 3.56. The number of thiazole rings is 1. The molecule has 0 radical (unpaired) electrons. The van der Waals surface area contributed by atoms with E-state index in [0.29, 0.717) is 6.04 Å². The molecule has 2 aromatic rings. The predicted octanol–water partition coefficient (Wildman–Crippen LogP) is 3.13. The maximum absolute atomic E-state index is 4.31. The molecule has 0 aliphatic heterocycles. The zero-order valence-electron chi connectivity index (χ0n) is 9.07. The fourth-order valence-corrected chi connectivity index (χ4v) is 3.63. The van der Waals surface area contributed by atoms with Crippen LogP contribution < -0.4 is 5.32 Å². The van der Waals surface area contributed by atoms with Crippen LogP contribution >= 0.6 is 22.7 Å². The Balaban J connectivity index is 2.36. The minimum Gasteiger partial charge on any atom is -0.308 e. The van der Waals surface area contributed by atoms with Gasteiger partial charge < -0.3 is 5.32 Å². The molecule has 0 aliphatic rings. The summed E-state index contributed by atoms with van der Waals surface area (Å²) in [6, 6.07) is 2.47. The van der Waals surface area contributed by atoms with Crippen molar-refractivity contribution in [3.8, 4) is 0 Å². The molecular formula is C11H14N2S2. The number of aryl methyl sites for hydroxylation is 2. The average Bonchev–Trinajstić information content (AvgIpc) is 2.79. The molecule has 2 nitrogen and oxygen atoms in total. The quantitative estimate of drug-likeness (QED) is 0.888. The maximum Gasteiger partial charge on any atom is 0.0897 e. The van der Waals surface area contributed by atoms with Crippen molar-refractivity contribution in [1.82, 2.24) is 10.3 Å². The first-order valence-corrected chi connectivity index (χ1v) is 6.55. The van der Waals surface area contributed by atoms with Crippen molar-refractivity contribution < 1.29 is 0 Å². The first kappa shape index (κ1) is 10.8. The monoisotopic (exact) mass is 238 g/mol. The summed E-state index contributed by atoms with van der Waals surface area (Å²) in [5.41, 5.74) is 1.35. The molecule has 80 valence electrons. The molecule has 1 atom stereocenters. The second-order valence-electron chi connectivity index (χ2n) is 3.47. The average molecular weight is 238 g/mol. The Kier molecular flexibility index (Phi) is 3.19. The van der Waals surface area contributed by atoms with Crippen LogP contribution in [0.15, 0.2) is 17.6 Å². The summed E-state index contributed by atoms with van der Waals surface area (Å²) < 4.78 is 0. The smallest absolute Gasteiger partial charge is 0.0897 e. The van der Waals surface area contributed by atoms with Crippen LogP contribution in [0.5, 0.6) is 0 Å². The van der Waals surface area contributed by atoms with Gasteiger partial charge in [0, 0.05) is 16.0 Å². The molecule has 4 heteroatoms. The van der Waals surface area contributed by atoms with E-state index in [1.807, 2.05) is 20.2 Å². The van der Waals surface area contributed by atoms with E-state index >= 15 is 0 Å². The number of hydrogen-bond acceptors (Lipinski definition) is 4. The number of nitrogens with one attached hydrogen (secondary N) is 1. The molecule has 2 heterocycles. The normalized spacial score (nSPS) is 13.0. The van der Waals surface area contributed by atoms with Gasteiger partial charge in [0.05, 0.1) is 11.0 Å². The lowest BCUT2D eigenvalue weighted by Crippen LogP contribution is -2.15. The highest BCUT2D eigenvalue weighted by molar-refractivity contribution is 7.12. The molecule has 0 bridgehead atoms. The Labute approximate surface area is 98.0 Å². The van der Waals surface area contributed by atoms with Crippen LogP contribution in [0.2, 0.25) is 0 Å². The first-order chi connectivity index (χ1) is 7.22. The molecule has 2 aromatic heterocycles. The minimum atomic E-state index is 0.302. The Morgan fingerprint density at radius 3 is 2.67 bits per heavy atom. The van der Waals surface area contributed by atoms with Gasteiger partial charge in [0.2, 0.25) is 0 Å². The van der Waals surface area contributed by atoms with Crippen LogP contribution in [0.1, 0.15) is 26.4 Å². The van der Waals surface area contributed by atoms with Gasteiger partial charge in [-0.05, 0) is 37.9 Å². The van der Waals surface area contributed by atoms with E-state index in [1.54, 1.807) is 22.7 Å². The van der Waals surface area contributed by atoms with Crippen LogP contribution in [-0.4, -0.2) is 12.0 Å². The van der Waals surface area contributed by atoms with E-state index in [2.05, 4.69) is 28.7 Å². The Morgan fingerprint density at radius 1 is 1.40 bits per heavy atom. The first-order valence-electron chi connectivity index (χ1n) is 4.86. The van der Waals surface area contributed by atoms with Gasteiger partial charge in [0.15, 0.2) is 0 Å². The highest BCUT2D eigenvalue weighted by Gasteiger charge is 2.17. The molecule has 1 unspecified atom stereocenters. The topological polar surface area (TPSA) is 24.9 Å². The van der Waals surface area contributed by atoms with E-state index in [1.165, 1.54) is 15.3 Å². The van der Waals surface area contributed by atoms with Crippen molar-refractivity contribution in [2.75, 3.05) is 7.05 Å². The molecule has 15 heavy (non-hydrogen) atoms. The van der Waals surface area contributed by atoms with Gasteiger partial charge in [-0.1, -0.05) is 0 Å². The van der Waals surface area contributed by atoms with E-state index in [0.717, 1.165) is 5.01 Å². The Bertz CT molecular complexity index is 445. The highest BCUT2D eigenvalue weighted by atomic mass is 32.1. The summed E-state index contributed by atoms with van der Waals surface area (Å²) in [4.78, 5) is 6.99. The van der Waals surface area contributed by atoms with Gasteiger partial charge in [0.1, 0.15) is 0 Å². The third-order valence-electron chi connectivity index (χ3n) is 2.38. The zero-order chi connectivity index (χ0) is 10.8. The molecule has 0 aliphatic carbocycles. The van der Waals surface area contributed by atoms with Gasteiger partial charge >= 0.3 is 0 Å². The lowest BCUT2D eigenvalue weighted by Gasteiger charge is -2.13. The van der Waals surface area contributed by atoms with Crippen molar-refractivity contribution in [2.24, 2.45) is 0 Å². The van der Waals surface area contributed by atoms with Gasteiger partial charge in [-0.2, -0.15) is 0 Å². The number of aromatic nitrogens is 1. The van der Waals surface area contributed by atoms with Crippen LogP contribution in [0, 0.1) is 13.8 Å². The molecule has 0 saturated heterocycles. The summed E-state index contributed by atoms with van der Waals surface area (Å²) in [6.45, 7) is 4.20. The van der Waals surface area contributed by atoms with E-state index in [-0.39, 0.29) is 0 Å². The fraction of sp³-hybridized carbons (Fsp3) is 0.364. The lowest BCUT2D eigenvalue weighted by molar-refractivity contribution is 0.711. The second-order valence-corrected chi connectivity index (χ2v) is 5.69. The summed E-state index contributed by atoms with van der Waals surface area (Å²) in [5.74, 6) is 0. The molecule has 0 fully saturated rings. The molecule has 0 spiro atoms. The molecule has 0 saturated carbocycles. The molecule has 2 rings (SSSR count). The molecule has 0 aromatic carbocycles. The SMILES string of the molecule is CNC(c1cnc(C)s1)c1sccc1C.